The molecular formula is C30H35F2NO2. The standard InChI is InChI=1S/C27H31F2NO2.C3H4/c1-27-14-20(26-22(28)12-16(13-23(26)29)30-9-2-10-30)25-18-6-4-17(31)11-15(18)3-5-19(25)21(27)7-8-24(27)32;1-3-2/h11-13,19-21,24,32H,2-10,14H2,1H3;1H,2H3. The SMILES string of the molecule is C#CC.CC12CC(c3c(F)cc(N4CCC4)cc3F)C3=C4CCC(=O)C=C4CCC3C1CCC2O. The van der Waals surface area contributed by atoms with E-state index < -0.39 is 17.7 Å². The summed E-state index contributed by atoms with van der Waals surface area (Å²) in [5.74, 6) is 1.65. The molecule has 1 N–H and O–H groups in total. The number of ketones is 1. The van der Waals surface area contributed by atoms with Crippen molar-refractivity contribution in [3.63, 3.8) is 0 Å². The monoisotopic (exact) mass is 479 g/mol. The maximum atomic E-state index is 15.6. The third-order valence-electron chi connectivity index (χ3n) is 9.31. The number of nitrogens with zero attached hydrogens (tertiary/aromatic N) is 1. The van der Waals surface area contributed by atoms with Crippen LogP contribution in [0.2, 0.25) is 0 Å². The van der Waals surface area contributed by atoms with E-state index in [1.807, 2.05) is 4.90 Å². The Labute approximate surface area is 207 Å². The van der Waals surface area contributed by atoms with Crippen LogP contribution in [0.25, 0.3) is 0 Å². The summed E-state index contributed by atoms with van der Waals surface area (Å²) in [7, 11) is 0. The molecule has 0 aromatic heterocycles. The molecule has 2 saturated carbocycles. The lowest BCUT2D eigenvalue weighted by Gasteiger charge is -2.52. The molecule has 0 radical (unpaired) electrons. The quantitative estimate of drug-likeness (QED) is 0.523. The molecule has 5 aliphatic rings. The number of aliphatic hydroxyl groups is 1. The van der Waals surface area contributed by atoms with Crippen molar-refractivity contribution in [3.05, 3.63) is 52.1 Å². The molecule has 5 heteroatoms. The summed E-state index contributed by atoms with van der Waals surface area (Å²) < 4.78 is 31.2. The Morgan fingerprint density at radius 3 is 2.43 bits per heavy atom. The van der Waals surface area contributed by atoms with Crippen molar-refractivity contribution >= 4 is 11.5 Å². The predicted octanol–water partition coefficient (Wildman–Crippen LogP) is 6.07. The summed E-state index contributed by atoms with van der Waals surface area (Å²) >= 11 is 0. The number of anilines is 1. The Balaban J connectivity index is 0.000000806. The van der Waals surface area contributed by atoms with Crippen LogP contribution in [-0.2, 0) is 4.79 Å². The van der Waals surface area contributed by atoms with Gasteiger partial charge in [0.2, 0.25) is 0 Å². The van der Waals surface area contributed by atoms with Gasteiger partial charge in [-0.1, -0.05) is 12.5 Å². The molecule has 1 heterocycles. The predicted molar refractivity (Wildman–Crippen MR) is 134 cm³/mol. The van der Waals surface area contributed by atoms with Crippen LogP contribution in [0, 0.1) is 41.2 Å². The number of carbonyl (C=O) groups excluding carboxylic acids is 1. The van der Waals surface area contributed by atoms with Gasteiger partial charge in [0.25, 0.3) is 0 Å². The van der Waals surface area contributed by atoms with Gasteiger partial charge in [0, 0.05) is 36.7 Å². The van der Waals surface area contributed by atoms with Crippen LogP contribution in [-0.4, -0.2) is 30.1 Å². The largest absolute Gasteiger partial charge is 0.393 e. The van der Waals surface area contributed by atoms with Gasteiger partial charge >= 0.3 is 0 Å². The van der Waals surface area contributed by atoms with Crippen molar-refractivity contribution in [3.8, 4) is 12.3 Å². The number of hydrogen-bond acceptors (Lipinski definition) is 3. The highest BCUT2D eigenvalue weighted by Crippen LogP contribution is 2.64. The molecule has 0 spiro atoms. The number of allylic oxidation sites excluding steroid dienone is 4. The van der Waals surface area contributed by atoms with E-state index in [0.717, 1.165) is 50.8 Å². The van der Waals surface area contributed by atoms with Gasteiger partial charge in [-0.25, -0.2) is 8.78 Å². The first-order chi connectivity index (χ1) is 16.8. The van der Waals surface area contributed by atoms with Crippen molar-refractivity contribution in [2.24, 2.45) is 17.3 Å². The Bertz CT molecular complexity index is 1120. The van der Waals surface area contributed by atoms with Crippen LogP contribution in [0.4, 0.5) is 14.5 Å². The number of terminal acetylenes is 1. The molecule has 1 aromatic rings. The fraction of sp³-hybridized carbons (Fsp3) is 0.567. The first-order valence-corrected chi connectivity index (χ1v) is 13.0. The molecular weight excluding hydrogens is 444 g/mol. The average Bonchev–Trinajstić information content (AvgIpc) is 3.06. The second-order valence-corrected chi connectivity index (χ2v) is 11.1. The summed E-state index contributed by atoms with van der Waals surface area (Å²) in [4.78, 5) is 14.1. The molecule has 6 rings (SSSR count). The zero-order chi connectivity index (χ0) is 24.9. The highest BCUT2D eigenvalue weighted by molar-refractivity contribution is 5.93. The molecule has 3 fully saturated rings. The van der Waals surface area contributed by atoms with Gasteiger partial charge in [0.1, 0.15) is 11.6 Å². The van der Waals surface area contributed by atoms with E-state index in [1.165, 1.54) is 23.3 Å². The zero-order valence-electron chi connectivity index (χ0n) is 20.7. The van der Waals surface area contributed by atoms with Crippen molar-refractivity contribution in [1.82, 2.24) is 0 Å². The van der Waals surface area contributed by atoms with Gasteiger partial charge in [-0.15, -0.1) is 12.3 Å². The van der Waals surface area contributed by atoms with Gasteiger partial charge in [0.15, 0.2) is 5.78 Å². The lowest BCUT2D eigenvalue weighted by atomic mass is 9.53. The highest BCUT2D eigenvalue weighted by atomic mass is 19.1. The topological polar surface area (TPSA) is 40.5 Å². The number of rotatable bonds is 2. The van der Waals surface area contributed by atoms with Crippen molar-refractivity contribution in [2.45, 2.75) is 77.2 Å². The minimum atomic E-state index is -0.471. The van der Waals surface area contributed by atoms with E-state index in [1.54, 1.807) is 13.0 Å². The highest BCUT2D eigenvalue weighted by Gasteiger charge is 2.57. The number of fused-ring (bicyclic) bond motifs is 4. The molecule has 5 atom stereocenters. The molecule has 3 nitrogen and oxygen atoms in total. The van der Waals surface area contributed by atoms with E-state index in [0.29, 0.717) is 30.9 Å². The number of aliphatic hydroxyl groups excluding tert-OH is 1. The van der Waals surface area contributed by atoms with Crippen molar-refractivity contribution in [2.75, 3.05) is 18.0 Å². The van der Waals surface area contributed by atoms with Crippen LogP contribution >= 0.6 is 0 Å². The minimum absolute atomic E-state index is 0.160. The van der Waals surface area contributed by atoms with E-state index >= 15 is 8.78 Å². The van der Waals surface area contributed by atoms with E-state index in [4.69, 9.17) is 0 Å². The van der Waals surface area contributed by atoms with Gasteiger partial charge in [0.05, 0.1) is 6.10 Å². The van der Waals surface area contributed by atoms with Gasteiger partial charge < -0.3 is 10.0 Å². The molecule has 186 valence electrons. The summed E-state index contributed by atoms with van der Waals surface area (Å²) in [6.07, 6.45) is 12.2. The normalized spacial score (nSPS) is 33.4. The number of carbonyl (C=O) groups is 1. The van der Waals surface area contributed by atoms with Crippen LogP contribution in [0.5, 0.6) is 0 Å². The zero-order valence-corrected chi connectivity index (χ0v) is 20.7. The Morgan fingerprint density at radius 2 is 1.80 bits per heavy atom. The molecule has 1 aliphatic heterocycles. The Kier molecular flexibility index (Phi) is 6.38. The number of hydrogen-bond donors (Lipinski definition) is 1. The lowest BCUT2D eigenvalue weighted by molar-refractivity contribution is -0.114. The fourth-order valence-corrected chi connectivity index (χ4v) is 7.55. The van der Waals surface area contributed by atoms with Gasteiger partial charge in [-0.3, -0.25) is 4.79 Å². The smallest absolute Gasteiger partial charge is 0.156 e. The van der Waals surface area contributed by atoms with E-state index in [2.05, 4.69) is 19.3 Å². The maximum Gasteiger partial charge on any atom is 0.156 e. The molecule has 0 amide bonds. The summed E-state index contributed by atoms with van der Waals surface area (Å²) in [6.45, 7) is 5.46. The lowest BCUT2D eigenvalue weighted by Crippen LogP contribution is -2.45. The minimum Gasteiger partial charge on any atom is -0.393 e. The van der Waals surface area contributed by atoms with Crippen LogP contribution < -0.4 is 4.90 Å². The first kappa shape index (κ1) is 24.3. The van der Waals surface area contributed by atoms with Gasteiger partial charge in [-0.2, -0.15) is 0 Å². The van der Waals surface area contributed by atoms with Crippen molar-refractivity contribution in [1.29, 1.82) is 0 Å². The second kappa shape index (κ2) is 9.21. The Morgan fingerprint density at radius 1 is 1.11 bits per heavy atom. The molecule has 1 aromatic carbocycles. The maximum absolute atomic E-state index is 15.6. The first-order valence-electron chi connectivity index (χ1n) is 13.0. The van der Waals surface area contributed by atoms with E-state index in [-0.39, 0.29) is 28.6 Å². The van der Waals surface area contributed by atoms with E-state index in [9.17, 15) is 9.90 Å². The van der Waals surface area contributed by atoms with Crippen LogP contribution in [0.15, 0.2) is 34.9 Å². The summed E-state index contributed by atoms with van der Waals surface area (Å²) in [5, 5.41) is 10.9. The summed E-state index contributed by atoms with van der Waals surface area (Å²) in [6, 6.07) is 3.00. The Hall–Kier alpha value is -2.45. The number of benzene rings is 1. The fourth-order valence-electron chi connectivity index (χ4n) is 7.55. The average molecular weight is 480 g/mol. The molecule has 35 heavy (non-hydrogen) atoms. The number of halogens is 2. The molecule has 4 aliphatic carbocycles. The second-order valence-electron chi connectivity index (χ2n) is 11.1. The molecule has 5 unspecified atom stereocenters. The van der Waals surface area contributed by atoms with Gasteiger partial charge in [-0.05, 0) is 98.5 Å². The third-order valence-corrected chi connectivity index (χ3v) is 9.31. The molecule has 0 bridgehead atoms. The summed E-state index contributed by atoms with van der Waals surface area (Å²) in [5.41, 5.74) is 3.88. The van der Waals surface area contributed by atoms with Crippen LogP contribution in [0.1, 0.15) is 76.7 Å². The third kappa shape index (κ3) is 3.95. The molecule has 1 saturated heterocycles. The van der Waals surface area contributed by atoms with Crippen molar-refractivity contribution < 1.29 is 18.7 Å². The van der Waals surface area contributed by atoms with Crippen LogP contribution in [0.3, 0.4) is 0 Å².